The highest BCUT2D eigenvalue weighted by atomic mass is 16.5. The van der Waals surface area contributed by atoms with Crippen LogP contribution in [0.4, 0.5) is 5.82 Å². The van der Waals surface area contributed by atoms with Crippen molar-refractivity contribution >= 4 is 11.6 Å². The summed E-state index contributed by atoms with van der Waals surface area (Å²) in [6.45, 7) is 3.34. The largest absolute Gasteiger partial charge is 0.378 e. The molecule has 2 N–H and O–H groups in total. The minimum atomic E-state index is 0.101. The summed E-state index contributed by atoms with van der Waals surface area (Å²) < 4.78 is 6.98. The van der Waals surface area contributed by atoms with Crippen LogP contribution in [0, 0.1) is 0 Å². The first-order chi connectivity index (χ1) is 12.8. The van der Waals surface area contributed by atoms with Crippen molar-refractivity contribution in [3.8, 4) is 0 Å². The average molecular weight is 352 g/mol. The van der Waals surface area contributed by atoms with Crippen LogP contribution in [-0.2, 0) is 16.8 Å². The number of hydrogen-bond donors (Lipinski definition) is 2. The molecule has 7 heteroatoms. The molecule has 0 amide bonds. The molecule has 3 heterocycles. The van der Waals surface area contributed by atoms with Crippen molar-refractivity contribution < 1.29 is 4.74 Å². The van der Waals surface area contributed by atoms with E-state index in [1.54, 1.807) is 11.6 Å². The number of aromatic nitrogens is 4. The maximum atomic E-state index is 5.24. The maximum absolute atomic E-state index is 5.24. The fourth-order valence-electron chi connectivity index (χ4n) is 3.73. The van der Waals surface area contributed by atoms with E-state index in [-0.39, 0.29) is 5.41 Å². The van der Waals surface area contributed by atoms with E-state index in [0.717, 1.165) is 44.0 Å². The van der Waals surface area contributed by atoms with Gasteiger partial charge >= 0.3 is 0 Å². The molecule has 1 aromatic carbocycles. The highest BCUT2D eigenvalue weighted by molar-refractivity contribution is 5.46. The van der Waals surface area contributed by atoms with Gasteiger partial charge in [-0.15, -0.1) is 0 Å². The number of nitrogens with one attached hydrogen (secondary N) is 2. The van der Waals surface area contributed by atoms with Crippen LogP contribution in [0.3, 0.4) is 0 Å². The van der Waals surface area contributed by atoms with E-state index in [1.165, 1.54) is 11.9 Å². The predicted molar refractivity (Wildman–Crippen MR) is 100 cm³/mol. The van der Waals surface area contributed by atoms with Gasteiger partial charge in [0.25, 0.3) is 5.78 Å². The third-order valence-corrected chi connectivity index (χ3v) is 5.15. The highest BCUT2D eigenvalue weighted by Crippen LogP contribution is 2.33. The van der Waals surface area contributed by atoms with Gasteiger partial charge in [0.15, 0.2) is 0 Å². The molecule has 7 nitrogen and oxygen atoms in total. The van der Waals surface area contributed by atoms with Crippen molar-refractivity contribution in [2.24, 2.45) is 0 Å². The summed E-state index contributed by atoms with van der Waals surface area (Å²) in [5.41, 5.74) is 2.33. The SMILES string of the molecule is COCc1cc(NCC2(c3ccccc3)CCNCC2)n2ncnc2n1. The van der Waals surface area contributed by atoms with Crippen molar-refractivity contribution in [3.05, 3.63) is 54.0 Å². The quantitative estimate of drug-likeness (QED) is 0.707. The fourth-order valence-corrected chi connectivity index (χ4v) is 3.73. The van der Waals surface area contributed by atoms with Crippen LogP contribution in [-0.4, -0.2) is 46.3 Å². The molecule has 4 rings (SSSR count). The first kappa shape index (κ1) is 16.9. The van der Waals surface area contributed by atoms with Gasteiger partial charge in [0.1, 0.15) is 12.1 Å². The molecular formula is C19H24N6O. The second-order valence-corrected chi connectivity index (χ2v) is 6.79. The van der Waals surface area contributed by atoms with E-state index < -0.39 is 0 Å². The molecule has 1 aliphatic rings. The number of methoxy groups -OCH3 is 1. The Morgan fingerprint density at radius 3 is 2.81 bits per heavy atom. The van der Waals surface area contributed by atoms with Gasteiger partial charge in [-0.3, -0.25) is 0 Å². The van der Waals surface area contributed by atoms with E-state index in [1.807, 2.05) is 6.07 Å². The number of hydrogen-bond acceptors (Lipinski definition) is 6. The number of ether oxygens (including phenoxy) is 1. The summed E-state index contributed by atoms with van der Waals surface area (Å²) in [6, 6.07) is 12.8. The number of benzene rings is 1. The van der Waals surface area contributed by atoms with Gasteiger partial charge in [-0.05, 0) is 31.5 Å². The molecule has 0 spiro atoms. The zero-order valence-electron chi connectivity index (χ0n) is 15.0. The lowest BCUT2D eigenvalue weighted by Gasteiger charge is -2.38. The number of anilines is 1. The van der Waals surface area contributed by atoms with Crippen LogP contribution in [0.2, 0.25) is 0 Å². The summed E-state index contributed by atoms with van der Waals surface area (Å²) in [5, 5.41) is 11.4. The standard InChI is InChI=1S/C19H24N6O/c1-26-12-16-11-17(25-18(24-16)22-14-23-25)21-13-19(7-9-20-10-8-19)15-5-3-2-4-6-15/h2-6,11,14,20-21H,7-10,12-13H2,1H3. The zero-order valence-corrected chi connectivity index (χ0v) is 15.0. The monoisotopic (exact) mass is 352 g/mol. The first-order valence-corrected chi connectivity index (χ1v) is 8.99. The van der Waals surface area contributed by atoms with Gasteiger partial charge in [0.2, 0.25) is 0 Å². The topological polar surface area (TPSA) is 76.4 Å². The molecule has 1 saturated heterocycles. The van der Waals surface area contributed by atoms with Crippen LogP contribution in [0.25, 0.3) is 5.78 Å². The maximum Gasteiger partial charge on any atom is 0.254 e. The Balaban J connectivity index is 1.64. The Labute approximate surface area is 152 Å². The van der Waals surface area contributed by atoms with Gasteiger partial charge in [-0.1, -0.05) is 30.3 Å². The minimum Gasteiger partial charge on any atom is -0.378 e. The van der Waals surface area contributed by atoms with Crippen molar-refractivity contribution in [3.63, 3.8) is 0 Å². The molecule has 0 unspecified atom stereocenters. The Kier molecular flexibility index (Phi) is 4.81. The lowest BCUT2D eigenvalue weighted by molar-refractivity contribution is 0.181. The molecule has 0 saturated carbocycles. The number of fused-ring (bicyclic) bond motifs is 1. The van der Waals surface area contributed by atoms with E-state index in [2.05, 4.69) is 56.0 Å². The lowest BCUT2D eigenvalue weighted by atomic mass is 9.73. The normalized spacial score (nSPS) is 16.7. The third-order valence-electron chi connectivity index (χ3n) is 5.15. The van der Waals surface area contributed by atoms with Gasteiger partial charge < -0.3 is 15.4 Å². The molecule has 26 heavy (non-hydrogen) atoms. The number of rotatable bonds is 6. The molecular weight excluding hydrogens is 328 g/mol. The zero-order chi connectivity index (χ0) is 17.8. The lowest BCUT2D eigenvalue weighted by Crippen LogP contribution is -2.44. The fraction of sp³-hybridized carbons (Fsp3) is 0.421. The highest BCUT2D eigenvalue weighted by Gasteiger charge is 2.33. The third kappa shape index (κ3) is 3.27. The van der Waals surface area contributed by atoms with Crippen LogP contribution in [0.5, 0.6) is 0 Å². The van der Waals surface area contributed by atoms with E-state index in [0.29, 0.717) is 12.4 Å². The predicted octanol–water partition coefficient (Wildman–Crippen LogP) is 2.00. The van der Waals surface area contributed by atoms with Gasteiger partial charge in [-0.2, -0.15) is 14.6 Å². The molecule has 0 atom stereocenters. The van der Waals surface area contributed by atoms with Gasteiger partial charge in [0, 0.05) is 25.1 Å². The van der Waals surface area contributed by atoms with Crippen LogP contribution in [0.1, 0.15) is 24.1 Å². The molecule has 0 aliphatic carbocycles. The van der Waals surface area contributed by atoms with Crippen LogP contribution >= 0.6 is 0 Å². The molecule has 0 bridgehead atoms. The minimum absolute atomic E-state index is 0.101. The van der Waals surface area contributed by atoms with E-state index in [4.69, 9.17) is 4.74 Å². The Hall–Kier alpha value is -2.51. The second kappa shape index (κ2) is 7.39. The van der Waals surface area contributed by atoms with Crippen LogP contribution < -0.4 is 10.6 Å². The van der Waals surface area contributed by atoms with Crippen molar-refractivity contribution in [1.82, 2.24) is 24.9 Å². The summed E-state index contributed by atoms with van der Waals surface area (Å²) in [6.07, 6.45) is 3.72. The first-order valence-electron chi connectivity index (χ1n) is 8.99. The average Bonchev–Trinajstić information content (AvgIpc) is 3.17. The molecule has 1 fully saturated rings. The molecule has 0 radical (unpaired) electrons. The van der Waals surface area contributed by atoms with Gasteiger partial charge in [0.05, 0.1) is 12.3 Å². The van der Waals surface area contributed by atoms with Crippen molar-refractivity contribution in [1.29, 1.82) is 0 Å². The Morgan fingerprint density at radius 2 is 2.04 bits per heavy atom. The van der Waals surface area contributed by atoms with Gasteiger partial charge in [-0.25, -0.2) is 4.98 Å². The molecule has 136 valence electrons. The summed E-state index contributed by atoms with van der Waals surface area (Å²) >= 11 is 0. The molecule has 3 aromatic rings. The molecule has 1 aliphatic heterocycles. The van der Waals surface area contributed by atoms with E-state index >= 15 is 0 Å². The summed E-state index contributed by atoms with van der Waals surface area (Å²) in [4.78, 5) is 8.70. The van der Waals surface area contributed by atoms with E-state index in [9.17, 15) is 0 Å². The Bertz CT molecular complexity index is 857. The second-order valence-electron chi connectivity index (χ2n) is 6.79. The van der Waals surface area contributed by atoms with Crippen molar-refractivity contribution in [2.45, 2.75) is 24.9 Å². The van der Waals surface area contributed by atoms with Crippen molar-refractivity contribution in [2.75, 3.05) is 32.1 Å². The smallest absolute Gasteiger partial charge is 0.254 e. The van der Waals surface area contributed by atoms with Crippen LogP contribution in [0.15, 0.2) is 42.7 Å². The summed E-state index contributed by atoms with van der Waals surface area (Å²) in [7, 11) is 1.67. The summed E-state index contributed by atoms with van der Waals surface area (Å²) in [5.74, 6) is 1.48. The Morgan fingerprint density at radius 1 is 1.23 bits per heavy atom. The number of piperidine rings is 1. The number of nitrogens with zero attached hydrogens (tertiary/aromatic N) is 4. The molecule has 2 aromatic heterocycles.